The van der Waals surface area contributed by atoms with Gasteiger partial charge in [-0.05, 0) is 61.8 Å². The van der Waals surface area contributed by atoms with Crippen LogP contribution in [0.1, 0.15) is 197 Å². The Labute approximate surface area is 324 Å². The van der Waals surface area contributed by atoms with Crippen LogP contribution in [0.25, 0.3) is 0 Å². The molecule has 0 aliphatic rings. The predicted octanol–water partition coefficient (Wildman–Crippen LogP) is 13.3. The van der Waals surface area contributed by atoms with Gasteiger partial charge in [0.25, 0.3) is 11.4 Å². The zero-order valence-corrected chi connectivity index (χ0v) is 32.9. The average Bonchev–Trinajstić information content (AvgIpc) is 3.16. The largest absolute Gasteiger partial charge is 0.481 e. The van der Waals surface area contributed by atoms with Crippen molar-refractivity contribution >= 4 is 23.3 Å². The van der Waals surface area contributed by atoms with Gasteiger partial charge in [-0.3, -0.25) is 29.8 Å². The number of carbonyl (C=O) groups excluding carboxylic acids is 1. The van der Waals surface area contributed by atoms with Crippen LogP contribution in [0.4, 0.5) is 11.4 Å². The van der Waals surface area contributed by atoms with Crippen molar-refractivity contribution < 1.29 is 29.3 Å². The summed E-state index contributed by atoms with van der Waals surface area (Å²) in [6, 6.07) is 13.3. The lowest BCUT2D eigenvalue weighted by Gasteiger charge is -2.18. The number of carboxylic acid groups (broad SMARTS) is 1. The average molecular weight is 753 g/mol. The molecule has 302 valence electrons. The van der Waals surface area contributed by atoms with E-state index >= 15 is 0 Å². The number of nitro groups is 2. The Hall–Kier alpha value is -3.82. The Bertz CT molecular complexity index is 1300. The smallest absolute Gasteiger partial charge is 0.306 e. The van der Waals surface area contributed by atoms with E-state index in [1.54, 1.807) is 24.3 Å². The molecule has 0 saturated heterocycles. The number of unbranched alkanes of at least 4 members (excludes halogenated alkanes) is 23. The summed E-state index contributed by atoms with van der Waals surface area (Å²) in [4.78, 5) is 44.5. The highest BCUT2D eigenvalue weighted by atomic mass is 16.6. The van der Waals surface area contributed by atoms with Gasteiger partial charge in [-0.25, -0.2) is 0 Å². The highest BCUT2D eigenvalue weighted by molar-refractivity contribution is 5.69. The maximum absolute atomic E-state index is 12.8. The van der Waals surface area contributed by atoms with Crippen molar-refractivity contribution in [3.63, 3.8) is 0 Å². The van der Waals surface area contributed by atoms with Gasteiger partial charge in [0.1, 0.15) is 6.10 Å². The third-order valence-corrected chi connectivity index (χ3v) is 10.3. The number of rotatable bonds is 35. The minimum absolute atomic E-state index is 0.0347. The Balaban J connectivity index is 1.49. The minimum Gasteiger partial charge on any atom is -0.481 e. The number of nitrogens with zero attached hydrogens (tertiary/aromatic N) is 2. The van der Waals surface area contributed by atoms with Crippen molar-refractivity contribution in [2.24, 2.45) is 0 Å². The van der Waals surface area contributed by atoms with Crippen molar-refractivity contribution in [3.8, 4) is 0 Å². The van der Waals surface area contributed by atoms with Crippen LogP contribution in [0, 0.1) is 20.2 Å². The Morgan fingerprint density at radius 2 is 0.852 bits per heavy atom. The Morgan fingerprint density at radius 1 is 0.500 bits per heavy atom. The summed E-state index contributed by atoms with van der Waals surface area (Å²) < 4.78 is 5.94. The minimum atomic E-state index is -0.704. The maximum Gasteiger partial charge on any atom is 0.306 e. The number of carbonyl (C=O) groups is 2. The highest BCUT2D eigenvalue weighted by Gasteiger charge is 2.18. The van der Waals surface area contributed by atoms with Gasteiger partial charge in [-0.1, -0.05) is 147 Å². The summed E-state index contributed by atoms with van der Waals surface area (Å²) in [7, 11) is 0. The molecule has 0 fully saturated rings. The lowest BCUT2D eigenvalue weighted by Crippen LogP contribution is -2.11. The second-order valence-electron chi connectivity index (χ2n) is 15.0. The first-order valence-corrected chi connectivity index (χ1v) is 21.1. The molecule has 0 bridgehead atoms. The van der Waals surface area contributed by atoms with Crippen molar-refractivity contribution in [2.75, 3.05) is 0 Å². The molecule has 0 radical (unpaired) electrons. The van der Waals surface area contributed by atoms with Crippen LogP contribution >= 0.6 is 0 Å². The molecule has 0 aliphatic heterocycles. The van der Waals surface area contributed by atoms with E-state index < -0.39 is 10.9 Å². The standard InChI is InChI=1S/C44H68N2O8/c47-43(48)28-24-20-16-12-8-5-4-7-11-15-19-23-27-42(39-32-36-41(37-33-39)46(52)53)54-44(49)29-25-21-17-13-9-3-1-2-6-10-14-18-22-26-38-30-34-40(35-31-38)45(50)51/h30-37,42H,1-29H2,(H,47,48). The quantitative estimate of drug-likeness (QED) is 0.0316. The van der Waals surface area contributed by atoms with Crippen LogP contribution in [0.2, 0.25) is 0 Å². The SMILES string of the molecule is O=C(O)CCCCCCCCCCCCCCC(OC(=O)CCCCCCCCCCCCCCCc1ccc([N+](=O)[O-])cc1)c1ccc([N+](=O)[O-])cc1. The van der Waals surface area contributed by atoms with Gasteiger partial charge in [0.05, 0.1) is 9.85 Å². The van der Waals surface area contributed by atoms with Crippen LogP contribution in [0.3, 0.4) is 0 Å². The number of hydrogen-bond acceptors (Lipinski definition) is 7. The van der Waals surface area contributed by atoms with Crippen molar-refractivity contribution in [2.45, 2.75) is 192 Å². The number of hydrogen-bond donors (Lipinski definition) is 1. The summed E-state index contributed by atoms with van der Waals surface area (Å²) in [6.45, 7) is 0. The molecule has 2 aromatic carbocycles. The molecule has 10 nitrogen and oxygen atoms in total. The van der Waals surface area contributed by atoms with Crippen molar-refractivity contribution in [1.82, 2.24) is 0 Å². The van der Waals surface area contributed by atoms with Gasteiger partial charge in [0, 0.05) is 37.1 Å². The number of non-ortho nitro benzene ring substituents is 2. The number of carboxylic acids is 1. The van der Waals surface area contributed by atoms with Crippen LogP contribution in [-0.2, 0) is 20.7 Å². The van der Waals surface area contributed by atoms with E-state index in [9.17, 15) is 29.8 Å². The number of aliphatic carboxylic acids is 1. The van der Waals surface area contributed by atoms with E-state index in [0.717, 1.165) is 82.6 Å². The second kappa shape index (κ2) is 30.5. The highest BCUT2D eigenvalue weighted by Crippen LogP contribution is 2.27. The van der Waals surface area contributed by atoms with Gasteiger partial charge in [-0.15, -0.1) is 0 Å². The van der Waals surface area contributed by atoms with Gasteiger partial charge in [0.15, 0.2) is 0 Å². The molecule has 1 atom stereocenters. The topological polar surface area (TPSA) is 150 Å². The van der Waals surface area contributed by atoms with Gasteiger partial charge < -0.3 is 9.84 Å². The number of esters is 1. The van der Waals surface area contributed by atoms with Crippen molar-refractivity contribution in [3.05, 3.63) is 79.9 Å². The van der Waals surface area contributed by atoms with Crippen LogP contribution in [0.15, 0.2) is 48.5 Å². The second-order valence-corrected chi connectivity index (χ2v) is 15.0. The molecule has 1 unspecified atom stereocenters. The molecule has 1 N–H and O–H groups in total. The molecule has 0 saturated carbocycles. The Kier molecular flexibility index (Phi) is 26.2. The molecule has 2 aromatic rings. The Morgan fingerprint density at radius 3 is 1.26 bits per heavy atom. The van der Waals surface area contributed by atoms with E-state index in [1.807, 2.05) is 12.1 Å². The first-order chi connectivity index (χ1) is 26.3. The first-order valence-electron chi connectivity index (χ1n) is 21.1. The molecule has 0 amide bonds. The summed E-state index contributed by atoms with van der Waals surface area (Å²) in [5.74, 6) is -0.892. The molecular formula is C44H68N2O8. The van der Waals surface area contributed by atoms with E-state index in [0.29, 0.717) is 6.42 Å². The molecule has 0 aliphatic carbocycles. The fourth-order valence-corrected chi connectivity index (χ4v) is 7.02. The van der Waals surface area contributed by atoms with E-state index in [-0.39, 0.29) is 34.8 Å². The summed E-state index contributed by atoms with van der Waals surface area (Å²) in [5.41, 5.74) is 2.17. The van der Waals surface area contributed by atoms with Crippen LogP contribution in [-0.4, -0.2) is 26.9 Å². The number of ether oxygens (including phenoxy) is 1. The molecule has 0 aromatic heterocycles. The maximum atomic E-state index is 12.8. The van der Waals surface area contributed by atoms with E-state index in [2.05, 4.69) is 0 Å². The fraction of sp³-hybridized carbons (Fsp3) is 0.682. The molecular weight excluding hydrogens is 684 g/mol. The zero-order valence-electron chi connectivity index (χ0n) is 32.9. The summed E-state index contributed by atoms with van der Waals surface area (Å²) in [5, 5.41) is 30.6. The summed E-state index contributed by atoms with van der Waals surface area (Å²) in [6.07, 6.45) is 30.7. The first kappa shape index (κ1) is 46.3. The normalized spacial score (nSPS) is 11.7. The van der Waals surface area contributed by atoms with Crippen LogP contribution in [0.5, 0.6) is 0 Å². The van der Waals surface area contributed by atoms with E-state index in [4.69, 9.17) is 9.84 Å². The van der Waals surface area contributed by atoms with Crippen LogP contribution < -0.4 is 0 Å². The number of aryl methyl sites for hydroxylation is 1. The van der Waals surface area contributed by atoms with Gasteiger partial charge in [-0.2, -0.15) is 0 Å². The molecule has 54 heavy (non-hydrogen) atoms. The lowest BCUT2D eigenvalue weighted by atomic mass is 10.0. The lowest BCUT2D eigenvalue weighted by molar-refractivity contribution is -0.385. The molecule has 2 rings (SSSR count). The predicted molar refractivity (Wildman–Crippen MR) is 216 cm³/mol. The van der Waals surface area contributed by atoms with E-state index in [1.165, 1.54) is 114 Å². The summed E-state index contributed by atoms with van der Waals surface area (Å²) >= 11 is 0. The number of nitro benzene ring substituents is 2. The van der Waals surface area contributed by atoms with Crippen molar-refractivity contribution in [1.29, 1.82) is 0 Å². The molecule has 10 heteroatoms. The third-order valence-electron chi connectivity index (χ3n) is 10.3. The molecule has 0 spiro atoms. The third kappa shape index (κ3) is 23.8. The monoisotopic (exact) mass is 752 g/mol. The fourth-order valence-electron chi connectivity index (χ4n) is 7.02. The van der Waals surface area contributed by atoms with Gasteiger partial charge >= 0.3 is 11.9 Å². The van der Waals surface area contributed by atoms with Gasteiger partial charge in [0.2, 0.25) is 0 Å². The zero-order chi connectivity index (χ0) is 39.1. The number of benzene rings is 2. The molecule has 0 heterocycles.